The van der Waals surface area contributed by atoms with E-state index in [4.69, 9.17) is 0 Å². The van der Waals surface area contributed by atoms with E-state index in [-0.39, 0.29) is 5.41 Å². The van der Waals surface area contributed by atoms with E-state index in [2.05, 4.69) is 85.7 Å². The van der Waals surface area contributed by atoms with E-state index in [0.29, 0.717) is 5.92 Å². The Balaban J connectivity index is 1.60. The summed E-state index contributed by atoms with van der Waals surface area (Å²) in [7, 11) is 0. The summed E-state index contributed by atoms with van der Waals surface area (Å²) in [5.41, 5.74) is 9.67. The van der Waals surface area contributed by atoms with Gasteiger partial charge >= 0.3 is 0 Å². The second-order valence-electron chi connectivity index (χ2n) is 8.87. The molecule has 0 saturated carbocycles. The molecule has 1 aliphatic carbocycles. The summed E-state index contributed by atoms with van der Waals surface area (Å²) in [6.07, 6.45) is 11.5. The van der Waals surface area contributed by atoms with Crippen molar-refractivity contribution in [1.29, 1.82) is 0 Å². The minimum atomic E-state index is 0.0343. The molecule has 2 nitrogen and oxygen atoms in total. The van der Waals surface area contributed by atoms with E-state index >= 15 is 0 Å². The molecule has 0 radical (unpaired) electrons. The summed E-state index contributed by atoms with van der Waals surface area (Å²) < 4.78 is 0. The summed E-state index contributed by atoms with van der Waals surface area (Å²) in [6, 6.07) is 13.6. The molecule has 3 aromatic rings. The quantitative estimate of drug-likeness (QED) is 0.503. The number of para-hydroxylation sites is 1. The third-order valence-corrected chi connectivity index (χ3v) is 6.43. The maximum atomic E-state index is 3.57. The van der Waals surface area contributed by atoms with Crippen molar-refractivity contribution in [3.8, 4) is 0 Å². The number of anilines is 1. The van der Waals surface area contributed by atoms with E-state index in [1.54, 1.807) is 0 Å². The molecule has 0 spiro atoms. The van der Waals surface area contributed by atoms with Crippen LogP contribution in [0.3, 0.4) is 0 Å². The number of H-pyrrole nitrogens is 1. The van der Waals surface area contributed by atoms with Gasteiger partial charge in [-0.1, -0.05) is 48.9 Å². The van der Waals surface area contributed by atoms with Crippen LogP contribution >= 0.6 is 0 Å². The van der Waals surface area contributed by atoms with Crippen LogP contribution in [0.4, 0.5) is 5.69 Å². The fourth-order valence-corrected chi connectivity index (χ4v) is 5.08. The molecule has 2 aliphatic rings. The van der Waals surface area contributed by atoms with Gasteiger partial charge in [0.25, 0.3) is 0 Å². The van der Waals surface area contributed by atoms with Crippen LogP contribution < -0.4 is 5.32 Å². The van der Waals surface area contributed by atoms with Crippen molar-refractivity contribution in [2.45, 2.75) is 44.9 Å². The lowest BCUT2D eigenvalue weighted by molar-refractivity contribution is 0.566. The third-order valence-electron chi connectivity index (χ3n) is 6.43. The number of hydrogen-bond acceptors (Lipinski definition) is 1. The van der Waals surface area contributed by atoms with Crippen LogP contribution in [0.5, 0.6) is 0 Å². The second kappa shape index (κ2) is 6.41. The van der Waals surface area contributed by atoms with Crippen molar-refractivity contribution in [3.05, 3.63) is 82.6 Å². The number of fused-ring (bicyclic) bond motifs is 3. The number of aromatic amines is 1. The minimum Gasteiger partial charge on any atom is -0.384 e. The van der Waals surface area contributed by atoms with Crippen LogP contribution in [0.2, 0.25) is 0 Å². The first-order chi connectivity index (χ1) is 13.5. The Morgan fingerprint density at radius 1 is 1.18 bits per heavy atom. The SMILES string of the molecule is CC(C)=C[C@H]1C[C@](C)(/C=C/c2cccc3c2NCC3)c2cc3[nH]ccc3cc21. The van der Waals surface area contributed by atoms with Gasteiger partial charge in [0.2, 0.25) is 0 Å². The number of allylic oxidation sites excluding steroid dienone is 3. The lowest BCUT2D eigenvalue weighted by atomic mass is 9.82. The zero-order valence-electron chi connectivity index (χ0n) is 17.0. The van der Waals surface area contributed by atoms with Gasteiger partial charge in [-0.3, -0.25) is 0 Å². The van der Waals surface area contributed by atoms with Gasteiger partial charge in [0.05, 0.1) is 0 Å². The molecule has 2 heteroatoms. The van der Waals surface area contributed by atoms with Crippen LogP contribution in [0.1, 0.15) is 55.4 Å². The molecule has 0 unspecified atom stereocenters. The zero-order chi connectivity index (χ0) is 19.3. The van der Waals surface area contributed by atoms with Crippen LogP contribution in [0, 0.1) is 0 Å². The summed E-state index contributed by atoms with van der Waals surface area (Å²) in [4.78, 5) is 3.40. The zero-order valence-corrected chi connectivity index (χ0v) is 17.0. The van der Waals surface area contributed by atoms with Crippen molar-refractivity contribution in [1.82, 2.24) is 4.98 Å². The summed E-state index contributed by atoms with van der Waals surface area (Å²) >= 11 is 0. The molecule has 1 aliphatic heterocycles. The molecule has 0 amide bonds. The molecule has 0 bridgehead atoms. The van der Waals surface area contributed by atoms with Gasteiger partial charge in [-0.2, -0.15) is 0 Å². The number of nitrogens with one attached hydrogen (secondary N) is 2. The number of hydrogen-bond donors (Lipinski definition) is 2. The van der Waals surface area contributed by atoms with Crippen molar-refractivity contribution in [3.63, 3.8) is 0 Å². The molecule has 2 aromatic carbocycles. The molecular weight excluding hydrogens is 340 g/mol. The fraction of sp³-hybridized carbons (Fsp3) is 0.308. The topological polar surface area (TPSA) is 27.8 Å². The maximum absolute atomic E-state index is 3.57. The summed E-state index contributed by atoms with van der Waals surface area (Å²) in [5, 5.41) is 4.88. The van der Waals surface area contributed by atoms with E-state index in [0.717, 1.165) is 19.4 Å². The molecule has 2 N–H and O–H groups in total. The monoisotopic (exact) mass is 368 g/mol. The van der Waals surface area contributed by atoms with Crippen LogP contribution in [0.15, 0.2) is 60.3 Å². The first-order valence-electron chi connectivity index (χ1n) is 10.3. The molecule has 0 fully saturated rings. The minimum absolute atomic E-state index is 0.0343. The molecule has 0 saturated heterocycles. The Morgan fingerprint density at radius 2 is 2.07 bits per heavy atom. The normalized spacial score (nSPS) is 23.0. The van der Waals surface area contributed by atoms with Crippen LogP contribution in [0.25, 0.3) is 17.0 Å². The number of aromatic nitrogens is 1. The van der Waals surface area contributed by atoms with Crippen molar-refractivity contribution < 1.29 is 0 Å². The lowest BCUT2D eigenvalue weighted by Gasteiger charge is -2.22. The van der Waals surface area contributed by atoms with Gasteiger partial charge in [0.15, 0.2) is 0 Å². The highest BCUT2D eigenvalue weighted by Gasteiger charge is 2.38. The van der Waals surface area contributed by atoms with E-state index in [1.165, 1.54) is 44.4 Å². The predicted molar refractivity (Wildman–Crippen MR) is 120 cm³/mol. The molecule has 5 rings (SSSR count). The molecule has 142 valence electrons. The molecule has 2 heterocycles. The van der Waals surface area contributed by atoms with Gasteiger partial charge in [-0.15, -0.1) is 0 Å². The lowest BCUT2D eigenvalue weighted by Crippen LogP contribution is -2.14. The maximum Gasteiger partial charge on any atom is 0.0457 e. The van der Waals surface area contributed by atoms with Gasteiger partial charge in [-0.25, -0.2) is 0 Å². The highest BCUT2D eigenvalue weighted by atomic mass is 14.9. The average molecular weight is 369 g/mol. The Labute approximate surface area is 167 Å². The summed E-state index contributed by atoms with van der Waals surface area (Å²) in [5.74, 6) is 0.480. The first kappa shape index (κ1) is 17.4. The Morgan fingerprint density at radius 3 is 2.93 bits per heavy atom. The highest BCUT2D eigenvalue weighted by molar-refractivity contribution is 5.83. The summed E-state index contributed by atoms with van der Waals surface area (Å²) in [6.45, 7) is 7.86. The van der Waals surface area contributed by atoms with Crippen LogP contribution in [-0.4, -0.2) is 11.5 Å². The van der Waals surface area contributed by atoms with Gasteiger partial charge in [-0.05, 0) is 72.5 Å². The van der Waals surface area contributed by atoms with Gasteiger partial charge in [0.1, 0.15) is 0 Å². The molecule has 28 heavy (non-hydrogen) atoms. The predicted octanol–water partition coefficient (Wildman–Crippen LogP) is 6.56. The Kier molecular flexibility index (Phi) is 3.97. The smallest absolute Gasteiger partial charge is 0.0457 e. The van der Waals surface area contributed by atoms with Gasteiger partial charge in [0, 0.05) is 35.3 Å². The molecule has 1 aromatic heterocycles. The standard InChI is InChI=1S/C26H28N2/c1-17(2)13-21-16-26(3,23-15-24-20(9-11-27-24)14-22(21)23)10-7-18-5-4-6-19-8-12-28-25(18)19/h4-7,9-11,13-15,21,27-28H,8,12,16H2,1-3H3/b10-7+/t21-,26-/m0/s1. The molecule has 2 atom stereocenters. The third kappa shape index (κ3) is 2.79. The van der Waals surface area contributed by atoms with Crippen molar-refractivity contribution in [2.24, 2.45) is 0 Å². The highest BCUT2D eigenvalue weighted by Crippen LogP contribution is 2.49. The first-order valence-corrected chi connectivity index (χ1v) is 10.3. The van der Waals surface area contributed by atoms with Crippen LogP contribution in [-0.2, 0) is 11.8 Å². The Bertz CT molecular complexity index is 1110. The Hall–Kier alpha value is -2.74. The fourth-order valence-electron chi connectivity index (χ4n) is 5.08. The van der Waals surface area contributed by atoms with E-state index < -0.39 is 0 Å². The van der Waals surface area contributed by atoms with Gasteiger partial charge < -0.3 is 10.3 Å². The number of benzene rings is 2. The molecular formula is C26H28N2. The van der Waals surface area contributed by atoms with E-state index in [1.807, 2.05) is 6.20 Å². The van der Waals surface area contributed by atoms with E-state index in [9.17, 15) is 0 Å². The number of rotatable bonds is 3. The van der Waals surface area contributed by atoms with Crippen molar-refractivity contribution >= 4 is 22.7 Å². The largest absolute Gasteiger partial charge is 0.384 e. The van der Waals surface area contributed by atoms with Crippen molar-refractivity contribution in [2.75, 3.05) is 11.9 Å². The average Bonchev–Trinajstić information content (AvgIpc) is 3.37. The second-order valence-corrected chi connectivity index (χ2v) is 8.87.